The Kier molecular flexibility index (Phi) is 3.92. The van der Waals surface area contributed by atoms with E-state index in [1.54, 1.807) is 24.3 Å². The predicted molar refractivity (Wildman–Crippen MR) is 87.3 cm³/mol. The van der Waals surface area contributed by atoms with Gasteiger partial charge in [0, 0.05) is 9.92 Å². The van der Waals surface area contributed by atoms with E-state index in [1.807, 2.05) is 12.1 Å². The van der Waals surface area contributed by atoms with Crippen LogP contribution < -0.4 is 5.32 Å². The zero-order valence-electron chi connectivity index (χ0n) is 11.2. The fourth-order valence-electron chi connectivity index (χ4n) is 2.00. The van der Waals surface area contributed by atoms with E-state index in [0.717, 1.165) is 10.5 Å². The molecule has 6 heteroatoms. The molecule has 1 amide bonds. The van der Waals surface area contributed by atoms with E-state index in [0.29, 0.717) is 15.6 Å². The number of thioether (sulfide) groups is 1. The fraction of sp³-hybridized carbons (Fsp3) is 0. The summed E-state index contributed by atoms with van der Waals surface area (Å²) in [6.45, 7) is 0. The normalized spacial score (nSPS) is 15.3. The van der Waals surface area contributed by atoms with Crippen LogP contribution in [-0.4, -0.2) is 17.0 Å². The van der Waals surface area contributed by atoms with Crippen LogP contribution in [0.15, 0.2) is 52.3 Å². The first-order chi connectivity index (χ1) is 10.5. The van der Waals surface area contributed by atoms with E-state index in [4.69, 9.17) is 16.7 Å². The van der Waals surface area contributed by atoms with Crippen LogP contribution in [0.1, 0.15) is 15.9 Å². The van der Waals surface area contributed by atoms with Gasteiger partial charge in [-0.05, 0) is 42.0 Å². The predicted octanol–water partition coefficient (Wildman–Crippen LogP) is 4.12. The minimum Gasteiger partial charge on any atom is -0.478 e. The molecule has 3 rings (SSSR count). The maximum Gasteiger partial charge on any atom is 0.335 e. The molecular formula is C16H10ClNO3S. The molecule has 0 aromatic heterocycles. The smallest absolute Gasteiger partial charge is 0.335 e. The Morgan fingerprint density at radius 1 is 1.18 bits per heavy atom. The van der Waals surface area contributed by atoms with Gasteiger partial charge in [0.05, 0.1) is 16.2 Å². The van der Waals surface area contributed by atoms with Crippen molar-refractivity contribution in [3.8, 4) is 0 Å². The number of hydrogen-bond acceptors (Lipinski definition) is 3. The van der Waals surface area contributed by atoms with E-state index in [9.17, 15) is 9.59 Å². The summed E-state index contributed by atoms with van der Waals surface area (Å²) < 4.78 is 0. The van der Waals surface area contributed by atoms with Crippen molar-refractivity contribution in [1.29, 1.82) is 0 Å². The quantitative estimate of drug-likeness (QED) is 0.812. The zero-order chi connectivity index (χ0) is 15.7. The van der Waals surface area contributed by atoms with Gasteiger partial charge in [0.2, 0.25) is 0 Å². The number of hydrogen-bond donors (Lipinski definition) is 2. The van der Waals surface area contributed by atoms with Gasteiger partial charge in [0.25, 0.3) is 5.91 Å². The number of carbonyl (C=O) groups excluding carboxylic acids is 1. The van der Waals surface area contributed by atoms with Gasteiger partial charge in [-0.3, -0.25) is 4.79 Å². The highest BCUT2D eigenvalue weighted by molar-refractivity contribution is 8.04. The molecule has 0 atom stereocenters. The molecule has 2 N–H and O–H groups in total. The highest BCUT2D eigenvalue weighted by Gasteiger charge is 2.22. The van der Waals surface area contributed by atoms with E-state index >= 15 is 0 Å². The van der Waals surface area contributed by atoms with Crippen molar-refractivity contribution in [1.82, 2.24) is 0 Å². The second-order valence-electron chi connectivity index (χ2n) is 4.63. The molecule has 2 aromatic carbocycles. The lowest BCUT2D eigenvalue weighted by Crippen LogP contribution is -2.17. The number of carboxylic acids is 1. The van der Waals surface area contributed by atoms with Crippen LogP contribution in [0.5, 0.6) is 0 Å². The van der Waals surface area contributed by atoms with Gasteiger partial charge >= 0.3 is 5.97 Å². The summed E-state index contributed by atoms with van der Waals surface area (Å²) in [5, 5.41) is 12.3. The van der Waals surface area contributed by atoms with E-state index in [2.05, 4.69) is 5.32 Å². The molecule has 0 spiro atoms. The minimum absolute atomic E-state index is 0.143. The first-order valence-corrected chi connectivity index (χ1v) is 7.56. The molecule has 2 aromatic rings. The Balaban J connectivity index is 1.93. The standard InChI is InChI=1S/C16H10ClNO3S/c17-11-4-1-9(2-5-11)7-14-15(19)18-12-8-10(16(20)21)3-6-13(12)22-14/h1-8H,(H,18,19)(H,20,21)/b14-7-. The van der Waals surface area contributed by atoms with E-state index < -0.39 is 5.97 Å². The number of nitrogens with one attached hydrogen (secondary N) is 1. The average molecular weight is 332 g/mol. The molecule has 0 aliphatic carbocycles. The summed E-state index contributed by atoms with van der Waals surface area (Å²) >= 11 is 7.14. The molecule has 0 radical (unpaired) electrons. The van der Waals surface area contributed by atoms with Gasteiger partial charge in [0.15, 0.2) is 0 Å². The third-order valence-electron chi connectivity index (χ3n) is 3.09. The van der Waals surface area contributed by atoms with Crippen molar-refractivity contribution < 1.29 is 14.7 Å². The first-order valence-electron chi connectivity index (χ1n) is 6.37. The Hall–Kier alpha value is -2.24. The summed E-state index contributed by atoms with van der Waals surface area (Å²) in [6, 6.07) is 11.8. The summed E-state index contributed by atoms with van der Waals surface area (Å²) in [5.41, 5.74) is 1.53. The number of fused-ring (bicyclic) bond motifs is 1. The second-order valence-corrected chi connectivity index (χ2v) is 6.15. The molecule has 0 fully saturated rings. The topological polar surface area (TPSA) is 66.4 Å². The molecule has 1 aliphatic rings. The van der Waals surface area contributed by atoms with Crippen molar-refractivity contribution in [2.24, 2.45) is 0 Å². The number of anilines is 1. The number of rotatable bonds is 2. The lowest BCUT2D eigenvalue weighted by molar-refractivity contribution is -0.112. The maximum absolute atomic E-state index is 12.1. The van der Waals surface area contributed by atoms with Crippen LogP contribution in [0.3, 0.4) is 0 Å². The third kappa shape index (κ3) is 3.00. The maximum atomic E-state index is 12.1. The average Bonchev–Trinajstić information content (AvgIpc) is 2.49. The van der Waals surface area contributed by atoms with Crippen LogP contribution in [0, 0.1) is 0 Å². The number of aromatic carboxylic acids is 1. The van der Waals surface area contributed by atoms with Gasteiger partial charge < -0.3 is 10.4 Å². The third-order valence-corrected chi connectivity index (χ3v) is 4.44. The van der Waals surface area contributed by atoms with Gasteiger partial charge in [-0.2, -0.15) is 0 Å². The number of benzene rings is 2. The molecule has 0 unspecified atom stereocenters. The Morgan fingerprint density at radius 3 is 2.59 bits per heavy atom. The molecule has 22 heavy (non-hydrogen) atoms. The van der Waals surface area contributed by atoms with Crippen molar-refractivity contribution in [3.63, 3.8) is 0 Å². The molecule has 1 aliphatic heterocycles. The number of carboxylic acid groups (broad SMARTS) is 1. The van der Waals surface area contributed by atoms with E-state index in [-0.39, 0.29) is 11.5 Å². The Bertz CT molecular complexity index is 800. The monoisotopic (exact) mass is 331 g/mol. The first kappa shape index (κ1) is 14.7. The summed E-state index contributed by atoms with van der Waals surface area (Å²) in [6.07, 6.45) is 1.77. The molecule has 4 nitrogen and oxygen atoms in total. The number of carbonyl (C=O) groups is 2. The van der Waals surface area contributed by atoms with Crippen LogP contribution >= 0.6 is 23.4 Å². The van der Waals surface area contributed by atoms with Crippen molar-refractivity contribution in [2.45, 2.75) is 4.90 Å². The lowest BCUT2D eigenvalue weighted by Gasteiger charge is -2.19. The molecule has 110 valence electrons. The number of amides is 1. The lowest BCUT2D eigenvalue weighted by atomic mass is 10.2. The van der Waals surface area contributed by atoms with Gasteiger partial charge in [-0.25, -0.2) is 4.79 Å². The Morgan fingerprint density at radius 2 is 1.91 bits per heavy atom. The SMILES string of the molecule is O=C1Nc2cc(C(=O)O)ccc2S/C1=C\c1ccc(Cl)cc1. The molecule has 0 saturated heterocycles. The minimum atomic E-state index is -1.02. The second kappa shape index (κ2) is 5.87. The largest absolute Gasteiger partial charge is 0.478 e. The van der Waals surface area contributed by atoms with Crippen LogP contribution in [-0.2, 0) is 4.79 Å². The Labute approximate surface area is 135 Å². The van der Waals surface area contributed by atoms with Gasteiger partial charge in [-0.1, -0.05) is 35.5 Å². The van der Waals surface area contributed by atoms with Crippen LogP contribution in [0.25, 0.3) is 6.08 Å². The number of halogens is 1. The summed E-state index contributed by atoms with van der Waals surface area (Å²) in [5.74, 6) is -1.28. The fourth-order valence-corrected chi connectivity index (χ4v) is 3.06. The van der Waals surface area contributed by atoms with E-state index in [1.165, 1.54) is 23.9 Å². The van der Waals surface area contributed by atoms with Crippen molar-refractivity contribution in [3.05, 3.63) is 63.5 Å². The van der Waals surface area contributed by atoms with Gasteiger partial charge in [0.1, 0.15) is 0 Å². The van der Waals surface area contributed by atoms with Crippen molar-refractivity contribution in [2.75, 3.05) is 5.32 Å². The summed E-state index contributed by atoms with van der Waals surface area (Å²) in [7, 11) is 0. The van der Waals surface area contributed by atoms with Crippen LogP contribution in [0.4, 0.5) is 5.69 Å². The van der Waals surface area contributed by atoms with Crippen LogP contribution in [0.2, 0.25) is 5.02 Å². The summed E-state index contributed by atoms with van der Waals surface area (Å²) in [4.78, 5) is 24.4. The highest BCUT2D eigenvalue weighted by atomic mass is 35.5. The molecular weight excluding hydrogens is 322 g/mol. The molecule has 0 saturated carbocycles. The molecule has 0 bridgehead atoms. The highest BCUT2D eigenvalue weighted by Crippen LogP contribution is 2.39. The van der Waals surface area contributed by atoms with Gasteiger partial charge in [-0.15, -0.1) is 0 Å². The van der Waals surface area contributed by atoms with Crippen molar-refractivity contribution >= 4 is 47.0 Å². The molecule has 1 heterocycles. The zero-order valence-corrected chi connectivity index (χ0v) is 12.7.